The van der Waals surface area contributed by atoms with Crippen molar-refractivity contribution < 1.29 is 33.8 Å². The number of unbranched alkanes of at least 4 members (excludes halogenated alkanes) is 3. The predicted molar refractivity (Wildman–Crippen MR) is 199 cm³/mol. The molecule has 0 unspecified atom stereocenters. The maximum atomic E-state index is 15.0. The van der Waals surface area contributed by atoms with Crippen molar-refractivity contribution in [3.8, 4) is 0 Å². The lowest BCUT2D eigenvalue weighted by molar-refractivity contribution is -0.160. The molecule has 3 aromatic rings. The number of anilines is 1. The van der Waals surface area contributed by atoms with Gasteiger partial charge in [-0.15, -0.1) is 13.2 Å². The number of fused-ring (bicyclic) bond motifs is 2. The van der Waals surface area contributed by atoms with E-state index < -0.39 is 41.7 Å². The molecule has 10 heteroatoms. The summed E-state index contributed by atoms with van der Waals surface area (Å²) in [6.07, 6.45) is 6.59. The van der Waals surface area contributed by atoms with E-state index in [-0.39, 0.29) is 43.8 Å². The van der Waals surface area contributed by atoms with E-state index in [9.17, 15) is 24.3 Å². The first-order chi connectivity index (χ1) is 25.3. The Balaban J connectivity index is 1.30. The zero-order valence-electron chi connectivity index (χ0n) is 29.7. The van der Waals surface area contributed by atoms with E-state index in [1.54, 1.807) is 22.0 Å². The lowest BCUT2D eigenvalue weighted by Crippen LogP contribution is -2.56. The van der Waals surface area contributed by atoms with Gasteiger partial charge >= 0.3 is 5.97 Å². The second-order valence-electron chi connectivity index (χ2n) is 14.0. The van der Waals surface area contributed by atoms with Gasteiger partial charge in [-0.3, -0.25) is 19.2 Å². The lowest BCUT2D eigenvalue weighted by Gasteiger charge is -2.37. The zero-order chi connectivity index (χ0) is 36.7. The molecule has 52 heavy (non-hydrogen) atoms. The van der Waals surface area contributed by atoms with Gasteiger partial charge < -0.3 is 29.7 Å². The Hall–Kier alpha value is -4.80. The number of hydrogen-bond acceptors (Lipinski definition) is 7. The third-order valence-electron chi connectivity index (χ3n) is 10.7. The van der Waals surface area contributed by atoms with Crippen molar-refractivity contribution in [2.75, 3.05) is 31.1 Å². The number of rotatable bonds is 18. The molecule has 0 saturated carbocycles. The van der Waals surface area contributed by atoms with E-state index in [0.717, 1.165) is 23.6 Å². The monoisotopic (exact) mass is 707 g/mol. The topological polar surface area (TPSA) is 125 Å². The smallest absolute Gasteiger partial charge is 0.313 e. The van der Waals surface area contributed by atoms with E-state index >= 15 is 0 Å². The number of nitrogens with one attached hydrogen (secondary N) is 1. The van der Waals surface area contributed by atoms with Crippen LogP contribution in [0.1, 0.15) is 63.0 Å². The SMILES string of the molecule is C=CCCC(=O)NC[C@@H](OC(=O)[C@@H]1[C@H]2C(=O)N(CCCCCCO)[C@H](C(=O)N(CC=C)c3ccc4ccccc4c3)[C@]23CC[C@H]1O3)c1ccccc1. The summed E-state index contributed by atoms with van der Waals surface area (Å²) >= 11 is 0. The Kier molecular flexibility index (Phi) is 11.9. The fourth-order valence-corrected chi connectivity index (χ4v) is 8.27. The van der Waals surface area contributed by atoms with Crippen LogP contribution in [0.5, 0.6) is 0 Å². The first kappa shape index (κ1) is 37.0. The van der Waals surface area contributed by atoms with Crippen LogP contribution in [0.2, 0.25) is 0 Å². The van der Waals surface area contributed by atoms with Crippen LogP contribution >= 0.6 is 0 Å². The number of amides is 3. The number of likely N-dealkylation sites (tertiary alicyclic amines) is 1. The number of aliphatic hydroxyl groups excluding tert-OH is 1. The summed E-state index contributed by atoms with van der Waals surface area (Å²) in [4.78, 5) is 59.7. The summed E-state index contributed by atoms with van der Waals surface area (Å²) in [6.45, 7) is 8.31. The third-order valence-corrected chi connectivity index (χ3v) is 10.7. The molecule has 10 nitrogen and oxygen atoms in total. The van der Waals surface area contributed by atoms with Gasteiger partial charge in [0.2, 0.25) is 11.8 Å². The molecule has 3 aromatic carbocycles. The van der Waals surface area contributed by atoms with Crippen LogP contribution in [0, 0.1) is 11.8 Å². The quantitative estimate of drug-likeness (QED) is 0.0995. The van der Waals surface area contributed by atoms with E-state index in [2.05, 4.69) is 18.5 Å². The van der Waals surface area contributed by atoms with Crippen molar-refractivity contribution in [1.82, 2.24) is 10.2 Å². The van der Waals surface area contributed by atoms with Crippen LogP contribution < -0.4 is 10.2 Å². The van der Waals surface area contributed by atoms with Gasteiger partial charge in [0, 0.05) is 31.8 Å². The Morgan fingerprint density at radius 1 is 1.00 bits per heavy atom. The van der Waals surface area contributed by atoms with E-state index in [0.29, 0.717) is 49.9 Å². The lowest BCUT2D eigenvalue weighted by atomic mass is 9.70. The molecular weight excluding hydrogens is 658 g/mol. The summed E-state index contributed by atoms with van der Waals surface area (Å²) in [5.74, 6) is -3.13. The molecule has 3 amide bonds. The highest BCUT2D eigenvalue weighted by Gasteiger charge is 2.75. The normalized spacial score (nSPS) is 23.6. The van der Waals surface area contributed by atoms with E-state index in [4.69, 9.17) is 9.47 Å². The van der Waals surface area contributed by atoms with Crippen LogP contribution in [-0.2, 0) is 28.7 Å². The molecule has 3 saturated heterocycles. The third kappa shape index (κ3) is 7.41. The van der Waals surface area contributed by atoms with Gasteiger partial charge in [0.15, 0.2) is 0 Å². The summed E-state index contributed by atoms with van der Waals surface area (Å²) in [7, 11) is 0. The van der Waals surface area contributed by atoms with Crippen molar-refractivity contribution in [3.63, 3.8) is 0 Å². The van der Waals surface area contributed by atoms with E-state index in [1.165, 1.54) is 0 Å². The van der Waals surface area contributed by atoms with Crippen LogP contribution in [-0.4, -0.2) is 77.7 Å². The number of carbonyl (C=O) groups is 4. The molecule has 3 aliphatic heterocycles. The maximum Gasteiger partial charge on any atom is 0.313 e. The van der Waals surface area contributed by atoms with Gasteiger partial charge in [0.1, 0.15) is 17.7 Å². The Bertz CT molecular complexity index is 1780. The first-order valence-corrected chi connectivity index (χ1v) is 18.5. The molecule has 3 aliphatic rings. The van der Waals surface area contributed by atoms with Crippen molar-refractivity contribution in [1.29, 1.82) is 0 Å². The molecule has 3 heterocycles. The Labute approximate surface area is 305 Å². The summed E-state index contributed by atoms with van der Waals surface area (Å²) in [6, 6.07) is 22.0. The Morgan fingerprint density at radius 3 is 2.50 bits per heavy atom. The average molecular weight is 708 g/mol. The molecule has 2 bridgehead atoms. The largest absolute Gasteiger partial charge is 0.455 e. The maximum absolute atomic E-state index is 15.0. The predicted octanol–water partition coefficient (Wildman–Crippen LogP) is 5.65. The molecule has 0 aliphatic carbocycles. The fraction of sp³-hybridized carbons (Fsp3) is 0.429. The summed E-state index contributed by atoms with van der Waals surface area (Å²) < 4.78 is 12.9. The van der Waals surface area contributed by atoms with Gasteiger partial charge in [0.05, 0.1) is 24.5 Å². The van der Waals surface area contributed by atoms with Crippen LogP contribution in [0.25, 0.3) is 10.8 Å². The minimum absolute atomic E-state index is 0.0665. The van der Waals surface area contributed by atoms with Gasteiger partial charge in [-0.1, -0.05) is 85.7 Å². The van der Waals surface area contributed by atoms with Gasteiger partial charge in [-0.05, 0) is 60.6 Å². The van der Waals surface area contributed by atoms with Crippen LogP contribution in [0.15, 0.2) is 98.1 Å². The second-order valence-corrected chi connectivity index (χ2v) is 14.0. The summed E-state index contributed by atoms with van der Waals surface area (Å²) in [5, 5.41) is 14.2. The van der Waals surface area contributed by atoms with Crippen LogP contribution in [0.4, 0.5) is 5.69 Å². The molecule has 3 fully saturated rings. The summed E-state index contributed by atoms with van der Waals surface area (Å²) in [5.41, 5.74) is 0.193. The Morgan fingerprint density at radius 2 is 1.75 bits per heavy atom. The standard InChI is InChI=1S/C42H49N3O7/c1-3-5-19-35(47)43-28-34(30-16-9-8-10-17-30)51-41(50)36-33-22-23-42(52-33)37(36)39(48)45(25-13-6-7-14-26-46)38(42)40(49)44(24-4-2)32-21-20-29-15-11-12-18-31(29)27-32/h3-4,8-12,15-18,20-21,27,33-34,36-38,46H,1-2,5-7,13-14,19,22-26,28H2,(H,43,47)/t33-,34-,36+,37+,38-,42+/m1/s1. The highest BCUT2D eigenvalue weighted by molar-refractivity contribution is 6.05. The number of allylic oxidation sites excluding steroid dienone is 1. The number of aliphatic hydroxyl groups is 1. The van der Waals surface area contributed by atoms with Crippen molar-refractivity contribution in [2.45, 2.75) is 75.2 Å². The average Bonchev–Trinajstić information content (AvgIpc) is 3.81. The van der Waals surface area contributed by atoms with Gasteiger partial charge in [0.25, 0.3) is 5.91 Å². The van der Waals surface area contributed by atoms with Gasteiger partial charge in [-0.2, -0.15) is 0 Å². The molecule has 274 valence electrons. The zero-order valence-corrected chi connectivity index (χ0v) is 29.7. The van der Waals surface area contributed by atoms with E-state index in [1.807, 2.05) is 72.8 Å². The van der Waals surface area contributed by atoms with Crippen molar-refractivity contribution in [2.24, 2.45) is 11.8 Å². The number of nitrogens with zero attached hydrogens (tertiary/aromatic N) is 2. The number of esters is 1. The van der Waals surface area contributed by atoms with Crippen LogP contribution in [0.3, 0.4) is 0 Å². The minimum atomic E-state index is -1.20. The molecule has 0 radical (unpaired) electrons. The molecule has 2 N–H and O–H groups in total. The fourth-order valence-electron chi connectivity index (χ4n) is 8.27. The molecule has 6 atom stereocenters. The van der Waals surface area contributed by atoms with Crippen molar-refractivity contribution in [3.05, 3.63) is 104 Å². The highest BCUT2D eigenvalue weighted by Crippen LogP contribution is 2.59. The number of ether oxygens (including phenoxy) is 2. The minimum Gasteiger partial charge on any atom is -0.455 e. The molecule has 0 aromatic heterocycles. The first-order valence-electron chi connectivity index (χ1n) is 18.5. The second kappa shape index (κ2) is 16.7. The molecular formula is C42H49N3O7. The number of carbonyl (C=O) groups excluding carboxylic acids is 4. The number of benzene rings is 3. The van der Waals surface area contributed by atoms with Gasteiger partial charge in [-0.25, -0.2) is 0 Å². The van der Waals surface area contributed by atoms with Crippen molar-refractivity contribution >= 4 is 40.2 Å². The highest BCUT2D eigenvalue weighted by atomic mass is 16.6. The molecule has 1 spiro atoms. The molecule has 6 rings (SSSR count). The number of hydrogen-bond donors (Lipinski definition) is 2.